The third kappa shape index (κ3) is 1.20. The predicted molar refractivity (Wildman–Crippen MR) is 37.4 cm³/mol. The zero-order valence-electron chi connectivity index (χ0n) is 5.65. The van der Waals surface area contributed by atoms with Gasteiger partial charge in [0.05, 0.1) is 6.61 Å². The quantitative estimate of drug-likeness (QED) is 0.441. The van der Waals surface area contributed by atoms with Gasteiger partial charge in [-0.1, -0.05) is 0 Å². The lowest BCUT2D eigenvalue weighted by Gasteiger charge is -2.03. The topological polar surface area (TPSA) is 80.9 Å². The molecule has 4 N–H and O–H groups in total. The summed E-state index contributed by atoms with van der Waals surface area (Å²) in [6.07, 6.45) is 0. The molecule has 1 rings (SSSR count). The van der Waals surface area contributed by atoms with E-state index >= 15 is 0 Å². The molecule has 4 heteroatoms. The molecule has 60 valence electrons. The minimum Gasteiger partial charge on any atom is -0.504 e. The first-order valence-corrected chi connectivity index (χ1v) is 3.00. The highest BCUT2D eigenvalue weighted by Crippen LogP contribution is 2.36. The number of aliphatic hydroxyl groups is 1. The largest absolute Gasteiger partial charge is 0.504 e. The first-order valence-electron chi connectivity index (χ1n) is 3.00. The lowest BCUT2D eigenvalue weighted by Crippen LogP contribution is -1.83. The van der Waals surface area contributed by atoms with Gasteiger partial charge in [0.25, 0.3) is 0 Å². The second-order valence-electron chi connectivity index (χ2n) is 2.10. The van der Waals surface area contributed by atoms with Crippen molar-refractivity contribution in [3.05, 3.63) is 17.7 Å². The van der Waals surface area contributed by atoms with Crippen LogP contribution in [0.3, 0.4) is 0 Å². The van der Waals surface area contributed by atoms with E-state index in [1.54, 1.807) is 0 Å². The van der Waals surface area contributed by atoms with Gasteiger partial charge < -0.3 is 20.4 Å². The van der Waals surface area contributed by atoms with Crippen molar-refractivity contribution in [2.45, 2.75) is 6.61 Å². The van der Waals surface area contributed by atoms with Crippen LogP contribution in [-0.4, -0.2) is 20.4 Å². The molecule has 0 radical (unpaired) electrons. The van der Waals surface area contributed by atoms with Crippen molar-refractivity contribution in [3.63, 3.8) is 0 Å². The number of phenols is 3. The molecule has 4 nitrogen and oxygen atoms in total. The fourth-order valence-electron chi connectivity index (χ4n) is 0.738. The Balaban J connectivity index is 3.25. The normalized spacial score (nSPS) is 9.91. The van der Waals surface area contributed by atoms with Gasteiger partial charge in [-0.2, -0.15) is 0 Å². The van der Waals surface area contributed by atoms with Crippen molar-refractivity contribution in [1.82, 2.24) is 0 Å². The van der Waals surface area contributed by atoms with Crippen molar-refractivity contribution < 1.29 is 20.4 Å². The van der Waals surface area contributed by atoms with Gasteiger partial charge in [0.2, 0.25) is 5.75 Å². The summed E-state index contributed by atoms with van der Waals surface area (Å²) in [5.74, 6) is -1.48. The summed E-state index contributed by atoms with van der Waals surface area (Å²) in [5.41, 5.74) is 0.181. The van der Waals surface area contributed by atoms with E-state index in [1.165, 1.54) is 12.1 Å². The van der Waals surface area contributed by atoms with E-state index < -0.39 is 17.2 Å². The molecule has 0 aliphatic rings. The Hall–Kier alpha value is -1.42. The Morgan fingerprint density at radius 1 is 1.00 bits per heavy atom. The van der Waals surface area contributed by atoms with Crippen LogP contribution in [0.5, 0.6) is 17.2 Å². The highest BCUT2D eigenvalue weighted by atomic mass is 16.3. The van der Waals surface area contributed by atoms with Gasteiger partial charge in [-0.3, -0.25) is 0 Å². The maximum atomic E-state index is 9.01. The van der Waals surface area contributed by atoms with Gasteiger partial charge in [0, 0.05) is 5.56 Å². The molecular weight excluding hydrogens is 148 g/mol. The Morgan fingerprint density at radius 3 is 2.18 bits per heavy atom. The number of benzene rings is 1. The van der Waals surface area contributed by atoms with Crippen LogP contribution < -0.4 is 0 Å². The van der Waals surface area contributed by atoms with Crippen LogP contribution in [-0.2, 0) is 6.61 Å². The summed E-state index contributed by atoms with van der Waals surface area (Å²) in [4.78, 5) is 0. The Kier molecular flexibility index (Phi) is 1.87. The van der Waals surface area contributed by atoms with Crippen LogP contribution in [0.25, 0.3) is 0 Å². The number of hydrogen-bond acceptors (Lipinski definition) is 4. The SMILES string of the molecule is OCc1ccc(O)c(O)c1O. The Bertz CT molecular complexity index is 269. The minimum absolute atomic E-state index is 0.181. The van der Waals surface area contributed by atoms with Crippen LogP contribution >= 0.6 is 0 Å². The number of aromatic hydroxyl groups is 3. The van der Waals surface area contributed by atoms with Gasteiger partial charge in [-0.15, -0.1) is 0 Å². The summed E-state index contributed by atoms with van der Waals surface area (Å²) in [7, 11) is 0. The molecule has 0 unspecified atom stereocenters. The third-order valence-corrected chi connectivity index (χ3v) is 1.38. The first-order chi connectivity index (χ1) is 5.16. The third-order valence-electron chi connectivity index (χ3n) is 1.38. The summed E-state index contributed by atoms with van der Waals surface area (Å²) < 4.78 is 0. The monoisotopic (exact) mass is 156 g/mol. The molecule has 0 aliphatic heterocycles. The molecule has 0 bridgehead atoms. The van der Waals surface area contributed by atoms with Gasteiger partial charge in [0.15, 0.2) is 11.5 Å². The molecule has 0 saturated heterocycles. The molecule has 0 spiro atoms. The Labute approximate surface area is 63.0 Å². The second kappa shape index (κ2) is 2.67. The molecule has 0 aliphatic carbocycles. The van der Waals surface area contributed by atoms with Crippen molar-refractivity contribution in [2.24, 2.45) is 0 Å². The summed E-state index contributed by atoms with van der Waals surface area (Å²) in [5, 5.41) is 35.3. The van der Waals surface area contributed by atoms with Crippen LogP contribution in [0.15, 0.2) is 12.1 Å². The fraction of sp³-hybridized carbons (Fsp3) is 0.143. The van der Waals surface area contributed by atoms with E-state index in [2.05, 4.69) is 0 Å². The molecule has 1 aromatic carbocycles. The molecule has 0 saturated carbocycles. The highest BCUT2D eigenvalue weighted by molar-refractivity contribution is 5.52. The standard InChI is InChI=1S/C7H8O4/c8-3-4-1-2-5(9)7(11)6(4)10/h1-2,8-11H,3H2. The lowest BCUT2D eigenvalue weighted by molar-refractivity contribution is 0.272. The average molecular weight is 156 g/mol. The Morgan fingerprint density at radius 2 is 1.64 bits per heavy atom. The van der Waals surface area contributed by atoms with Crippen molar-refractivity contribution >= 4 is 0 Å². The molecule has 0 fully saturated rings. The van der Waals surface area contributed by atoms with Crippen molar-refractivity contribution in [3.8, 4) is 17.2 Å². The minimum atomic E-state index is -0.600. The lowest BCUT2D eigenvalue weighted by atomic mass is 10.2. The second-order valence-corrected chi connectivity index (χ2v) is 2.10. The number of hydrogen-bond donors (Lipinski definition) is 4. The molecule has 11 heavy (non-hydrogen) atoms. The summed E-state index contributed by atoms with van der Waals surface area (Å²) in [6.45, 7) is -0.375. The zero-order valence-corrected chi connectivity index (χ0v) is 5.65. The van der Waals surface area contributed by atoms with Crippen molar-refractivity contribution in [1.29, 1.82) is 0 Å². The van der Waals surface area contributed by atoms with Crippen LogP contribution in [0.1, 0.15) is 5.56 Å². The van der Waals surface area contributed by atoms with Crippen LogP contribution in [0.4, 0.5) is 0 Å². The smallest absolute Gasteiger partial charge is 0.200 e. The molecule has 0 heterocycles. The van der Waals surface area contributed by atoms with E-state index in [0.29, 0.717) is 0 Å². The van der Waals surface area contributed by atoms with Gasteiger partial charge in [-0.25, -0.2) is 0 Å². The molecule has 0 amide bonds. The van der Waals surface area contributed by atoms with Crippen LogP contribution in [0, 0.1) is 0 Å². The van der Waals surface area contributed by atoms with E-state index in [4.69, 9.17) is 20.4 Å². The fourth-order valence-corrected chi connectivity index (χ4v) is 0.738. The average Bonchev–Trinajstić information content (AvgIpc) is 2.01. The number of phenolic OH excluding ortho intramolecular Hbond substituents is 2. The first kappa shape index (κ1) is 7.68. The molecule has 1 aromatic rings. The van der Waals surface area contributed by atoms with Crippen molar-refractivity contribution in [2.75, 3.05) is 0 Å². The maximum Gasteiger partial charge on any atom is 0.200 e. The molecule has 0 atom stereocenters. The summed E-state index contributed by atoms with van der Waals surface area (Å²) in [6, 6.07) is 2.52. The number of rotatable bonds is 1. The van der Waals surface area contributed by atoms with E-state index in [0.717, 1.165) is 0 Å². The van der Waals surface area contributed by atoms with Gasteiger partial charge in [-0.05, 0) is 12.1 Å². The molecular formula is C7H8O4. The van der Waals surface area contributed by atoms with Gasteiger partial charge >= 0.3 is 0 Å². The van der Waals surface area contributed by atoms with Gasteiger partial charge in [0.1, 0.15) is 0 Å². The van der Waals surface area contributed by atoms with E-state index in [-0.39, 0.29) is 12.2 Å². The highest BCUT2D eigenvalue weighted by Gasteiger charge is 2.08. The molecule has 0 aromatic heterocycles. The maximum absolute atomic E-state index is 9.01. The van der Waals surface area contributed by atoms with Crippen LogP contribution in [0.2, 0.25) is 0 Å². The zero-order chi connectivity index (χ0) is 8.43. The predicted octanol–water partition coefficient (Wildman–Crippen LogP) is 0.296. The summed E-state index contributed by atoms with van der Waals surface area (Å²) >= 11 is 0. The van der Waals surface area contributed by atoms with E-state index in [9.17, 15) is 0 Å². The van der Waals surface area contributed by atoms with E-state index in [1.807, 2.05) is 0 Å². The number of aliphatic hydroxyl groups excluding tert-OH is 1.